The summed E-state index contributed by atoms with van der Waals surface area (Å²) in [5.41, 5.74) is 1.77. The largest absolute Gasteiger partial charge is 0.452 e. The highest BCUT2D eigenvalue weighted by Gasteiger charge is 2.22. The van der Waals surface area contributed by atoms with Crippen LogP contribution in [0.15, 0.2) is 5.38 Å². The zero-order valence-electron chi connectivity index (χ0n) is 12.6. The molecule has 1 fully saturated rings. The lowest BCUT2D eigenvalue weighted by Gasteiger charge is -2.13. The first-order valence-corrected chi connectivity index (χ1v) is 8.76. The molecule has 1 aliphatic carbocycles. The molecule has 0 saturated carbocycles. The van der Waals surface area contributed by atoms with Crippen LogP contribution in [0.2, 0.25) is 0 Å². The van der Waals surface area contributed by atoms with Crippen molar-refractivity contribution in [2.24, 2.45) is 0 Å². The Hall–Kier alpha value is -1.40. The van der Waals surface area contributed by atoms with Crippen molar-refractivity contribution in [2.75, 3.05) is 19.8 Å². The van der Waals surface area contributed by atoms with E-state index in [0.29, 0.717) is 12.1 Å². The molecule has 1 amide bonds. The quantitative estimate of drug-likeness (QED) is 0.843. The van der Waals surface area contributed by atoms with Crippen LogP contribution in [0.4, 0.5) is 0 Å². The molecule has 5 nitrogen and oxygen atoms in total. The highest BCUT2D eigenvalue weighted by atomic mass is 32.1. The molecule has 120 valence electrons. The Labute approximate surface area is 134 Å². The zero-order valence-corrected chi connectivity index (χ0v) is 13.4. The van der Waals surface area contributed by atoms with Crippen LogP contribution in [0.5, 0.6) is 0 Å². The number of amides is 1. The molecule has 0 aromatic carbocycles. The lowest BCUT2D eigenvalue weighted by Crippen LogP contribution is -2.34. The van der Waals surface area contributed by atoms with E-state index in [1.165, 1.54) is 11.3 Å². The van der Waals surface area contributed by atoms with Crippen LogP contribution in [0, 0.1) is 0 Å². The average Bonchev–Trinajstić information content (AvgIpc) is 3.19. The number of hydrogen-bond donors (Lipinski definition) is 1. The normalized spacial score (nSPS) is 20.5. The first-order chi connectivity index (χ1) is 10.7. The summed E-state index contributed by atoms with van der Waals surface area (Å²) in [6, 6.07) is 0. The van der Waals surface area contributed by atoms with E-state index in [2.05, 4.69) is 5.32 Å². The van der Waals surface area contributed by atoms with Crippen molar-refractivity contribution in [3.63, 3.8) is 0 Å². The summed E-state index contributed by atoms with van der Waals surface area (Å²) >= 11 is 1.62. The molecule has 1 aromatic heterocycles. The Morgan fingerprint density at radius 1 is 1.32 bits per heavy atom. The van der Waals surface area contributed by atoms with Crippen molar-refractivity contribution in [2.45, 2.75) is 44.6 Å². The molecular formula is C16H21NO4S. The molecule has 1 saturated heterocycles. The molecule has 1 atom stereocenters. The zero-order chi connectivity index (χ0) is 15.4. The number of carbonyl (C=O) groups is 2. The number of esters is 1. The number of fused-ring (bicyclic) bond motifs is 1. The van der Waals surface area contributed by atoms with Gasteiger partial charge in [0.15, 0.2) is 6.61 Å². The number of thiophene rings is 1. The van der Waals surface area contributed by atoms with Crippen LogP contribution in [-0.2, 0) is 27.1 Å². The maximum Gasteiger partial charge on any atom is 0.339 e. The average molecular weight is 323 g/mol. The summed E-state index contributed by atoms with van der Waals surface area (Å²) in [6.07, 6.45) is 6.41. The maximum absolute atomic E-state index is 12.1. The van der Waals surface area contributed by atoms with Crippen LogP contribution in [-0.4, -0.2) is 37.7 Å². The van der Waals surface area contributed by atoms with E-state index < -0.39 is 0 Å². The standard InChI is InChI=1S/C16H21NO4S/c18-15(17-8-11-4-3-7-20-11)9-21-16(19)13-10-22-14-6-2-1-5-12(13)14/h10-11H,1-9H2,(H,17,18)/t11-/m0/s1. The van der Waals surface area contributed by atoms with E-state index in [4.69, 9.17) is 9.47 Å². The Bertz CT molecular complexity index is 548. The fraction of sp³-hybridized carbons (Fsp3) is 0.625. The van der Waals surface area contributed by atoms with Gasteiger partial charge in [0.2, 0.25) is 0 Å². The van der Waals surface area contributed by atoms with Crippen LogP contribution >= 0.6 is 11.3 Å². The van der Waals surface area contributed by atoms with Gasteiger partial charge in [-0.3, -0.25) is 4.79 Å². The van der Waals surface area contributed by atoms with Gasteiger partial charge in [-0.2, -0.15) is 0 Å². The minimum atomic E-state index is -0.383. The van der Waals surface area contributed by atoms with Gasteiger partial charge in [-0.05, 0) is 44.1 Å². The van der Waals surface area contributed by atoms with Gasteiger partial charge in [-0.15, -0.1) is 11.3 Å². The van der Waals surface area contributed by atoms with Crippen molar-refractivity contribution < 1.29 is 19.1 Å². The van der Waals surface area contributed by atoms with Gasteiger partial charge in [0.05, 0.1) is 11.7 Å². The second kappa shape index (κ2) is 7.24. The molecule has 2 heterocycles. The van der Waals surface area contributed by atoms with E-state index in [-0.39, 0.29) is 24.6 Å². The van der Waals surface area contributed by atoms with Crippen molar-refractivity contribution in [1.82, 2.24) is 5.32 Å². The number of aryl methyl sites for hydroxylation is 1. The van der Waals surface area contributed by atoms with Crippen LogP contribution in [0.25, 0.3) is 0 Å². The number of ether oxygens (including phenoxy) is 2. The number of carbonyl (C=O) groups excluding carboxylic acids is 2. The molecule has 1 aromatic rings. The molecule has 0 radical (unpaired) electrons. The van der Waals surface area contributed by atoms with Gasteiger partial charge in [-0.25, -0.2) is 4.79 Å². The van der Waals surface area contributed by atoms with Gasteiger partial charge in [0, 0.05) is 23.4 Å². The number of rotatable bonds is 5. The second-order valence-electron chi connectivity index (χ2n) is 5.77. The minimum absolute atomic E-state index is 0.101. The number of hydrogen-bond acceptors (Lipinski definition) is 5. The summed E-state index contributed by atoms with van der Waals surface area (Å²) < 4.78 is 10.6. The first kappa shape index (κ1) is 15.5. The van der Waals surface area contributed by atoms with Gasteiger partial charge < -0.3 is 14.8 Å². The Morgan fingerprint density at radius 2 is 2.18 bits per heavy atom. The van der Waals surface area contributed by atoms with Crippen molar-refractivity contribution in [1.29, 1.82) is 0 Å². The summed E-state index contributed by atoms with van der Waals surface area (Å²) in [7, 11) is 0. The molecule has 1 aliphatic heterocycles. The van der Waals surface area contributed by atoms with Gasteiger partial charge in [0.25, 0.3) is 5.91 Å². The molecular weight excluding hydrogens is 302 g/mol. The Balaban J connectivity index is 1.45. The molecule has 6 heteroatoms. The summed E-state index contributed by atoms with van der Waals surface area (Å²) in [4.78, 5) is 25.1. The monoisotopic (exact) mass is 323 g/mol. The first-order valence-electron chi connectivity index (χ1n) is 7.88. The molecule has 0 unspecified atom stereocenters. The molecule has 22 heavy (non-hydrogen) atoms. The molecule has 0 spiro atoms. The van der Waals surface area contributed by atoms with Crippen LogP contribution in [0.3, 0.4) is 0 Å². The molecule has 3 rings (SSSR count). The summed E-state index contributed by atoms with van der Waals surface area (Å²) in [5.74, 6) is -0.653. The fourth-order valence-corrected chi connectivity index (χ4v) is 4.07. The van der Waals surface area contributed by atoms with Gasteiger partial charge in [0.1, 0.15) is 0 Å². The molecule has 0 bridgehead atoms. The maximum atomic E-state index is 12.1. The van der Waals surface area contributed by atoms with Crippen LogP contribution in [0.1, 0.15) is 46.5 Å². The van der Waals surface area contributed by atoms with Crippen molar-refractivity contribution in [3.8, 4) is 0 Å². The predicted octanol–water partition coefficient (Wildman–Crippen LogP) is 2.08. The third-order valence-electron chi connectivity index (χ3n) is 4.17. The fourth-order valence-electron chi connectivity index (χ4n) is 2.96. The second-order valence-corrected chi connectivity index (χ2v) is 6.74. The van der Waals surface area contributed by atoms with E-state index in [1.807, 2.05) is 5.38 Å². The van der Waals surface area contributed by atoms with E-state index in [0.717, 1.165) is 44.3 Å². The van der Waals surface area contributed by atoms with E-state index >= 15 is 0 Å². The third-order valence-corrected chi connectivity index (χ3v) is 5.26. The lowest BCUT2D eigenvalue weighted by atomic mass is 9.96. The smallest absolute Gasteiger partial charge is 0.339 e. The lowest BCUT2D eigenvalue weighted by molar-refractivity contribution is -0.124. The van der Waals surface area contributed by atoms with Crippen LogP contribution < -0.4 is 5.32 Å². The van der Waals surface area contributed by atoms with Gasteiger partial charge >= 0.3 is 5.97 Å². The topological polar surface area (TPSA) is 64.6 Å². The van der Waals surface area contributed by atoms with Crippen molar-refractivity contribution >= 4 is 23.2 Å². The Kier molecular flexibility index (Phi) is 5.10. The third kappa shape index (κ3) is 3.67. The predicted molar refractivity (Wildman–Crippen MR) is 83.2 cm³/mol. The highest BCUT2D eigenvalue weighted by Crippen LogP contribution is 2.30. The summed E-state index contributed by atoms with van der Waals surface area (Å²) in [5, 5.41) is 4.61. The Morgan fingerprint density at radius 3 is 3.00 bits per heavy atom. The van der Waals surface area contributed by atoms with E-state index in [9.17, 15) is 9.59 Å². The molecule has 2 aliphatic rings. The van der Waals surface area contributed by atoms with E-state index in [1.54, 1.807) is 11.3 Å². The van der Waals surface area contributed by atoms with Crippen molar-refractivity contribution in [3.05, 3.63) is 21.4 Å². The minimum Gasteiger partial charge on any atom is -0.452 e. The summed E-state index contributed by atoms with van der Waals surface area (Å²) in [6.45, 7) is 1.03. The van der Waals surface area contributed by atoms with Gasteiger partial charge in [-0.1, -0.05) is 0 Å². The number of nitrogens with one attached hydrogen (secondary N) is 1. The molecule has 1 N–H and O–H groups in total. The highest BCUT2D eigenvalue weighted by molar-refractivity contribution is 7.10. The SMILES string of the molecule is O=C(COC(=O)c1csc2c1CCCC2)NC[C@@H]1CCCO1.